The van der Waals surface area contributed by atoms with Crippen molar-refractivity contribution < 1.29 is 17.5 Å². The van der Waals surface area contributed by atoms with Gasteiger partial charge in [-0.05, 0) is 67.8 Å². The van der Waals surface area contributed by atoms with E-state index in [-0.39, 0.29) is 10.9 Å². The van der Waals surface area contributed by atoms with Gasteiger partial charge in [0.05, 0.1) is 41.8 Å². The van der Waals surface area contributed by atoms with Gasteiger partial charge in [0.15, 0.2) is 0 Å². The van der Waals surface area contributed by atoms with Gasteiger partial charge in [0, 0.05) is 6.54 Å². The highest BCUT2D eigenvalue weighted by Crippen LogP contribution is 2.36. The van der Waals surface area contributed by atoms with Crippen LogP contribution in [0.4, 0.5) is 15.9 Å². The van der Waals surface area contributed by atoms with Crippen molar-refractivity contribution in [2.45, 2.75) is 30.7 Å². The van der Waals surface area contributed by atoms with Crippen molar-refractivity contribution in [3.8, 4) is 5.75 Å². The van der Waals surface area contributed by atoms with Gasteiger partial charge >= 0.3 is 0 Å². The molecule has 0 bridgehead atoms. The van der Waals surface area contributed by atoms with E-state index in [0.29, 0.717) is 35.9 Å². The number of ether oxygens (including phenoxy) is 1. The molecule has 0 radical (unpaired) electrons. The van der Waals surface area contributed by atoms with E-state index < -0.39 is 15.8 Å². The fourth-order valence-electron chi connectivity index (χ4n) is 3.74. The van der Waals surface area contributed by atoms with Crippen LogP contribution in [0.15, 0.2) is 59.8 Å². The zero-order valence-corrected chi connectivity index (χ0v) is 18.1. The van der Waals surface area contributed by atoms with E-state index in [1.807, 2.05) is 19.1 Å². The first-order valence-corrected chi connectivity index (χ1v) is 11.3. The molecule has 2 aromatic heterocycles. The van der Waals surface area contributed by atoms with Crippen molar-refractivity contribution in [1.82, 2.24) is 14.3 Å². The number of nitrogens with one attached hydrogen (secondary N) is 1. The minimum Gasteiger partial charge on any atom is -0.496 e. The number of methoxy groups -OCH3 is 1. The Labute approximate surface area is 181 Å². The third kappa shape index (κ3) is 4.38. The largest absolute Gasteiger partial charge is 0.496 e. The van der Waals surface area contributed by atoms with Gasteiger partial charge < -0.3 is 10.1 Å². The molecule has 162 valence electrons. The molecule has 3 heterocycles. The number of pyridine rings is 2. The molecule has 0 amide bonds. The standard InChI is InChI=1S/C22H23FN4O3S/c1-15-12-18(7-9-21(15)30-2)31(28,29)27-11-3-4-20(27)19-8-6-17(14-24-19)26-22-10-5-16(23)13-25-22/h5-10,12-14,20H,3-4,11H2,1-2H3,(H,25,26)/t20-/m1/s1. The lowest BCUT2D eigenvalue weighted by atomic mass is 10.1. The summed E-state index contributed by atoms with van der Waals surface area (Å²) < 4.78 is 46.4. The van der Waals surface area contributed by atoms with Crippen LogP contribution < -0.4 is 10.1 Å². The number of rotatable bonds is 6. The Hall–Kier alpha value is -3.04. The van der Waals surface area contributed by atoms with Gasteiger partial charge in [0.1, 0.15) is 17.4 Å². The predicted octanol–water partition coefficient (Wildman–Crippen LogP) is 4.20. The first-order chi connectivity index (χ1) is 14.9. The molecule has 0 spiro atoms. The van der Waals surface area contributed by atoms with Crippen molar-refractivity contribution in [1.29, 1.82) is 0 Å². The summed E-state index contributed by atoms with van der Waals surface area (Å²) in [5.74, 6) is 0.738. The highest BCUT2D eigenvalue weighted by Gasteiger charge is 2.37. The molecule has 1 atom stereocenters. The summed E-state index contributed by atoms with van der Waals surface area (Å²) in [4.78, 5) is 8.70. The van der Waals surface area contributed by atoms with Crippen LogP contribution in [-0.2, 0) is 10.0 Å². The number of halogens is 1. The van der Waals surface area contributed by atoms with Gasteiger partial charge in [-0.2, -0.15) is 4.31 Å². The minimum atomic E-state index is -3.67. The SMILES string of the molecule is COc1ccc(S(=O)(=O)N2CCC[C@@H]2c2ccc(Nc3ccc(F)cn3)cn2)cc1C. The molecule has 4 rings (SSSR count). The molecule has 3 aromatic rings. The zero-order chi connectivity index (χ0) is 22.0. The number of hydrogen-bond donors (Lipinski definition) is 1. The summed E-state index contributed by atoms with van der Waals surface area (Å²) in [7, 11) is -2.11. The number of sulfonamides is 1. The van der Waals surface area contributed by atoms with Crippen LogP contribution in [0.2, 0.25) is 0 Å². The van der Waals surface area contributed by atoms with Crippen molar-refractivity contribution in [2.75, 3.05) is 19.0 Å². The van der Waals surface area contributed by atoms with Crippen molar-refractivity contribution in [3.63, 3.8) is 0 Å². The molecule has 0 aliphatic carbocycles. The molecule has 31 heavy (non-hydrogen) atoms. The summed E-state index contributed by atoms with van der Waals surface area (Å²) in [5, 5.41) is 3.05. The molecule has 1 N–H and O–H groups in total. The van der Waals surface area contributed by atoms with E-state index >= 15 is 0 Å². The molecule has 0 saturated carbocycles. The summed E-state index contributed by atoms with van der Waals surface area (Å²) in [6.45, 7) is 2.27. The van der Waals surface area contributed by atoms with Gasteiger partial charge in [-0.25, -0.2) is 17.8 Å². The van der Waals surface area contributed by atoms with Gasteiger partial charge in [0.25, 0.3) is 0 Å². The molecule has 0 unspecified atom stereocenters. The maximum absolute atomic E-state index is 13.3. The van der Waals surface area contributed by atoms with Crippen molar-refractivity contribution in [2.24, 2.45) is 0 Å². The van der Waals surface area contributed by atoms with E-state index in [1.54, 1.807) is 31.5 Å². The van der Waals surface area contributed by atoms with E-state index in [2.05, 4.69) is 15.3 Å². The number of hydrogen-bond acceptors (Lipinski definition) is 6. The highest BCUT2D eigenvalue weighted by atomic mass is 32.2. The fraction of sp³-hybridized carbons (Fsp3) is 0.273. The predicted molar refractivity (Wildman–Crippen MR) is 115 cm³/mol. The number of nitrogens with zero attached hydrogens (tertiary/aromatic N) is 3. The van der Waals surface area contributed by atoms with E-state index in [0.717, 1.165) is 18.2 Å². The molecule has 1 aliphatic heterocycles. The van der Waals surface area contributed by atoms with Crippen LogP contribution in [0.3, 0.4) is 0 Å². The lowest BCUT2D eigenvalue weighted by Gasteiger charge is -2.24. The van der Waals surface area contributed by atoms with E-state index in [9.17, 15) is 12.8 Å². The monoisotopic (exact) mass is 442 g/mol. The maximum atomic E-state index is 13.3. The first kappa shape index (κ1) is 21.2. The molecule has 1 aromatic carbocycles. The van der Waals surface area contributed by atoms with Crippen LogP contribution in [-0.4, -0.2) is 36.3 Å². The molecular weight excluding hydrogens is 419 g/mol. The quantitative estimate of drug-likeness (QED) is 0.616. The van der Waals surface area contributed by atoms with Crippen LogP contribution in [0.25, 0.3) is 0 Å². The van der Waals surface area contributed by atoms with Crippen molar-refractivity contribution >= 4 is 21.5 Å². The summed E-state index contributed by atoms with van der Waals surface area (Å²) in [6.07, 6.45) is 4.22. The Morgan fingerprint density at radius 3 is 2.61 bits per heavy atom. The second kappa shape index (κ2) is 8.60. The molecule has 7 nitrogen and oxygen atoms in total. The number of aryl methyl sites for hydroxylation is 1. The number of aromatic nitrogens is 2. The van der Waals surface area contributed by atoms with Gasteiger partial charge in [0.2, 0.25) is 10.0 Å². The maximum Gasteiger partial charge on any atom is 0.243 e. The Morgan fingerprint density at radius 2 is 1.97 bits per heavy atom. The summed E-state index contributed by atoms with van der Waals surface area (Å²) in [5.41, 5.74) is 2.13. The number of anilines is 2. The Bertz CT molecular complexity index is 1170. The van der Waals surface area contributed by atoms with Crippen molar-refractivity contribution in [3.05, 3.63) is 71.9 Å². The van der Waals surface area contributed by atoms with E-state index in [4.69, 9.17) is 4.74 Å². The van der Waals surface area contributed by atoms with Crippen LogP contribution in [0, 0.1) is 12.7 Å². The molecule has 1 saturated heterocycles. The molecule has 9 heteroatoms. The minimum absolute atomic E-state index is 0.248. The average molecular weight is 443 g/mol. The second-order valence-electron chi connectivity index (χ2n) is 7.36. The Morgan fingerprint density at radius 1 is 1.13 bits per heavy atom. The van der Waals surface area contributed by atoms with Gasteiger partial charge in [-0.3, -0.25) is 4.98 Å². The lowest BCUT2D eigenvalue weighted by Crippen LogP contribution is -2.31. The first-order valence-electron chi connectivity index (χ1n) is 9.89. The third-order valence-corrected chi connectivity index (χ3v) is 7.21. The smallest absolute Gasteiger partial charge is 0.243 e. The van der Waals surface area contributed by atoms with Crippen LogP contribution in [0.1, 0.15) is 30.1 Å². The highest BCUT2D eigenvalue weighted by molar-refractivity contribution is 7.89. The third-order valence-electron chi connectivity index (χ3n) is 5.30. The van der Waals surface area contributed by atoms with Gasteiger partial charge in [-0.1, -0.05) is 0 Å². The lowest BCUT2D eigenvalue weighted by molar-refractivity contribution is 0.390. The summed E-state index contributed by atoms with van der Waals surface area (Å²) in [6, 6.07) is 11.0. The van der Waals surface area contributed by atoms with Crippen LogP contribution in [0.5, 0.6) is 5.75 Å². The molecule has 1 aliphatic rings. The second-order valence-corrected chi connectivity index (χ2v) is 9.25. The molecular formula is C22H23FN4O3S. The average Bonchev–Trinajstić information content (AvgIpc) is 3.27. The van der Waals surface area contributed by atoms with Crippen LogP contribution >= 0.6 is 0 Å². The zero-order valence-electron chi connectivity index (χ0n) is 17.2. The molecule has 1 fully saturated rings. The fourth-order valence-corrected chi connectivity index (χ4v) is 5.50. The van der Waals surface area contributed by atoms with E-state index in [1.165, 1.54) is 16.4 Å². The Kier molecular flexibility index (Phi) is 5.88. The number of benzene rings is 1. The Balaban J connectivity index is 1.55. The normalized spacial score (nSPS) is 16.9. The van der Waals surface area contributed by atoms with Gasteiger partial charge in [-0.15, -0.1) is 0 Å². The summed E-state index contributed by atoms with van der Waals surface area (Å²) >= 11 is 0. The topological polar surface area (TPSA) is 84.4 Å².